The number of hydrogen-bond donors (Lipinski definition) is 2. The average Bonchev–Trinajstić information content (AvgIpc) is 3.05. The lowest BCUT2D eigenvalue weighted by Crippen LogP contribution is -2.17. The molecule has 0 unspecified atom stereocenters. The molecule has 4 rings (SSSR count). The highest BCUT2D eigenvalue weighted by molar-refractivity contribution is 5.82. The highest BCUT2D eigenvalue weighted by Crippen LogP contribution is 2.43. The van der Waals surface area contributed by atoms with Gasteiger partial charge in [-0.2, -0.15) is 13.2 Å². The number of aliphatic carboxylic acids is 1. The summed E-state index contributed by atoms with van der Waals surface area (Å²) in [5.74, 6) is -0.315. The molecule has 0 atom stereocenters. The van der Waals surface area contributed by atoms with Gasteiger partial charge in [-0.3, -0.25) is 4.79 Å². The number of carbonyl (C=O) groups is 1. The van der Waals surface area contributed by atoms with Crippen LogP contribution in [-0.2, 0) is 24.0 Å². The Kier molecular flexibility index (Phi) is 5.45. The van der Waals surface area contributed by atoms with Crippen LogP contribution >= 0.6 is 0 Å². The van der Waals surface area contributed by atoms with Crippen molar-refractivity contribution < 1.29 is 27.8 Å². The van der Waals surface area contributed by atoms with Gasteiger partial charge in [0.25, 0.3) is 0 Å². The van der Waals surface area contributed by atoms with Crippen LogP contribution in [0.15, 0.2) is 42.5 Å². The van der Waals surface area contributed by atoms with Gasteiger partial charge >= 0.3 is 12.1 Å². The van der Waals surface area contributed by atoms with E-state index in [1.165, 1.54) is 6.07 Å². The van der Waals surface area contributed by atoms with Gasteiger partial charge in [0, 0.05) is 16.6 Å². The maximum Gasteiger partial charge on any atom is 0.416 e. The van der Waals surface area contributed by atoms with E-state index in [1.54, 1.807) is 24.3 Å². The number of ether oxygens (including phenoxy) is 1. The van der Waals surface area contributed by atoms with Crippen LogP contribution in [0.2, 0.25) is 0 Å². The molecule has 0 spiro atoms. The Bertz CT molecular complexity index is 1070. The van der Waals surface area contributed by atoms with E-state index < -0.39 is 17.7 Å². The van der Waals surface area contributed by atoms with Gasteiger partial charge in [-0.25, -0.2) is 0 Å². The molecular formula is C23H22F3NO3. The number of carboxylic acids is 1. The molecule has 0 amide bonds. The number of carboxylic acid groups (broad SMARTS) is 1. The van der Waals surface area contributed by atoms with Crippen molar-refractivity contribution in [1.82, 2.24) is 4.98 Å². The topological polar surface area (TPSA) is 62.3 Å². The van der Waals surface area contributed by atoms with Crippen LogP contribution in [0.5, 0.6) is 5.75 Å². The van der Waals surface area contributed by atoms with Gasteiger partial charge in [0.2, 0.25) is 0 Å². The van der Waals surface area contributed by atoms with Crippen LogP contribution in [0.25, 0.3) is 10.9 Å². The quantitative estimate of drug-likeness (QED) is 0.492. The van der Waals surface area contributed by atoms with Crippen molar-refractivity contribution >= 4 is 16.9 Å². The number of benzene rings is 2. The van der Waals surface area contributed by atoms with E-state index >= 15 is 0 Å². The maximum absolute atomic E-state index is 13.5. The summed E-state index contributed by atoms with van der Waals surface area (Å²) in [6.45, 7) is 0.0375. The number of aromatic nitrogens is 1. The summed E-state index contributed by atoms with van der Waals surface area (Å²) in [5.41, 5.74) is 1.97. The minimum atomic E-state index is -4.38. The predicted molar refractivity (Wildman–Crippen MR) is 107 cm³/mol. The molecule has 2 N–H and O–H groups in total. The number of aryl methyl sites for hydroxylation is 1. The molecule has 3 aromatic rings. The molecule has 1 aromatic heterocycles. The van der Waals surface area contributed by atoms with Crippen molar-refractivity contribution in [3.8, 4) is 5.75 Å². The van der Waals surface area contributed by atoms with Crippen molar-refractivity contribution in [2.24, 2.45) is 0 Å². The average molecular weight is 417 g/mol. The molecule has 0 radical (unpaired) electrons. The second kappa shape index (κ2) is 8.05. The Morgan fingerprint density at radius 1 is 1.13 bits per heavy atom. The fraction of sp³-hybridized carbons (Fsp3) is 0.348. The lowest BCUT2D eigenvalue weighted by molar-refractivity contribution is -0.139. The van der Waals surface area contributed by atoms with Crippen LogP contribution in [0.4, 0.5) is 13.2 Å². The second-order valence-electron chi connectivity index (χ2n) is 7.77. The first-order valence-corrected chi connectivity index (χ1v) is 9.96. The molecule has 7 heteroatoms. The molecule has 4 nitrogen and oxygen atoms in total. The van der Waals surface area contributed by atoms with Gasteiger partial charge in [-0.15, -0.1) is 0 Å². The number of fused-ring (bicyclic) bond motifs is 1. The second-order valence-corrected chi connectivity index (χ2v) is 7.77. The standard InChI is InChI=1S/C23H22F3NO3/c24-23(25,26)20-10-14(4-7-19(20)15-2-1-3-15)13-30-18-6-8-21-16(12-18)11-17(27-21)5-9-22(28)29/h4,6-8,10-12,15,27H,1-3,5,9,13H2,(H,28,29). The van der Waals surface area contributed by atoms with E-state index in [0.29, 0.717) is 23.3 Å². The first kappa shape index (κ1) is 20.3. The summed E-state index contributed by atoms with van der Waals surface area (Å²) >= 11 is 0. The van der Waals surface area contributed by atoms with Crippen LogP contribution in [-0.4, -0.2) is 16.1 Å². The van der Waals surface area contributed by atoms with Crippen LogP contribution < -0.4 is 4.74 Å². The molecule has 0 aliphatic heterocycles. The molecule has 1 heterocycles. The zero-order chi connectivity index (χ0) is 21.3. The van der Waals surface area contributed by atoms with Crippen molar-refractivity contribution in [3.05, 3.63) is 64.8 Å². The summed E-state index contributed by atoms with van der Waals surface area (Å²) < 4.78 is 46.3. The number of aromatic amines is 1. The predicted octanol–water partition coefficient (Wildman–Crippen LogP) is 6.05. The summed E-state index contributed by atoms with van der Waals surface area (Å²) in [6, 6.07) is 11.7. The highest BCUT2D eigenvalue weighted by atomic mass is 19.4. The lowest BCUT2D eigenvalue weighted by atomic mass is 9.78. The van der Waals surface area contributed by atoms with Crippen LogP contribution in [0.1, 0.15) is 54.0 Å². The minimum Gasteiger partial charge on any atom is -0.489 e. The zero-order valence-corrected chi connectivity index (χ0v) is 16.3. The summed E-state index contributed by atoms with van der Waals surface area (Å²) in [7, 11) is 0. The Hall–Kier alpha value is -2.96. The zero-order valence-electron chi connectivity index (χ0n) is 16.3. The fourth-order valence-electron chi connectivity index (χ4n) is 3.82. The Morgan fingerprint density at radius 3 is 2.60 bits per heavy atom. The molecule has 158 valence electrons. The van der Waals surface area contributed by atoms with Crippen molar-refractivity contribution in [3.63, 3.8) is 0 Å². The molecule has 1 aliphatic rings. The number of H-pyrrole nitrogens is 1. The fourth-order valence-corrected chi connectivity index (χ4v) is 3.82. The number of nitrogens with one attached hydrogen (secondary N) is 1. The number of rotatable bonds is 7. The molecule has 0 saturated heterocycles. The lowest BCUT2D eigenvalue weighted by Gasteiger charge is -2.29. The molecule has 1 saturated carbocycles. The molecular weight excluding hydrogens is 395 g/mol. The van der Waals surface area contributed by atoms with E-state index in [9.17, 15) is 18.0 Å². The number of hydrogen-bond acceptors (Lipinski definition) is 2. The van der Waals surface area contributed by atoms with Crippen molar-refractivity contribution in [2.75, 3.05) is 0 Å². The first-order chi connectivity index (χ1) is 14.3. The number of halogens is 3. The van der Waals surface area contributed by atoms with E-state index in [4.69, 9.17) is 9.84 Å². The molecule has 1 aliphatic carbocycles. The van der Waals surface area contributed by atoms with Crippen LogP contribution in [0.3, 0.4) is 0 Å². The van der Waals surface area contributed by atoms with Crippen LogP contribution in [0, 0.1) is 0 Å². The summed E-state index contributed by atoms with van der Waals surface area (Å²) in [4.78, 5) is 13.9. The normalized spacial score (nSPS) is 14.6. The Morgan fingerprint density at radius 2 is 1.93 bits per heavy atom. The van der Waals surface area contributed by atoms with Gasteiger partial charge < -0.3 is 14.8 Å². The molecule has 2 aromatic carbocycles. The summed E-state index contributed by atoms with van der Waals surface area (Å²) in [6.07, 6.45) is -1.35. The van der Waals surface area contributed by atoms with Gasteiger partial charge in [-0.05, 0) is 66.6 Å². The third-order valence-corrected chi connectivity index (χ3v) is 5.63. The third kappa shape index (κ3) is 4.45. The summed E-state index contributed by atoms with van der Waals surface area (Å²) in [5, 5.41) is 9.67. The molecule has 30 heavy (non-hydrogen) atoms. The van der Waals surface area contributed by atoms with E-state index in [-0.39, 0.29) is 18.9 Å². The SMILES string of the molecule is O=C(O)CCc1cc2cc(OCc3ccc(C4CCC4)c(C(F)(F)F)c3)ccc2[nH]1. The smallest absolute Gasteiger partial charge is 0.416 e. The molecule has 1 fully saturated rings. The van der Waals surface area contributed by atoms with Crippen molar-refractivity contribution in [1.29, 1.82) is 0 Å². The van der Waals surface area contributed by atoms with E-state index in [2.05, 4.69) is 4.98 Å². The third-order valence-electron chi connectivity index (χ3n) is 5.63. The monoisotopic (exact) mass is 417 g/mol. The maximum atomic E-state index is 13.5. The Balaban J connectivity index is 1.48. The first-order valence-electron chi connectivity index (χ1n) is 9.96. The minimum absolute atomic E-state index is 0.00270. The largest absolute Gasteiger partial charge is 0.489 e. The van der Waals surface area contributed by atoms with E-state index in [1.807, 2.05) is 12.1 Å². The number of alkyl halides is 3. The molecule has 0 bridgehead atoms. The van der Waals surface area contributed by atoms with Gasteiger partial charge in [0.15, 0.2) is 0 Å². The highest BCUT2D eigenvalue weighted by Gasteiger charge is 2.36. The van der Waals surface area contributed by atoms with E-state index in [0.717, 1.165) is 35.9 Å². The van der Waals surface area contributed by atoms with Gasteiger partial charge in [-0.1, -0.05) is 18.6 Å². The van der Waals surface area contributed by atoms with Crippen molar-refractivity contribution in [2.45, 2.75) is 50.8 Å². The van der Waals surface area contributed by atoms with Gasteiger partial charge in [0.05, 0.1) is 12.0 Å². The van der Waals surface area contributed by atoms with Gasteiger partial charge in [0.1, 0.15) is 12.4 Å². The Labute approximate surface area is 171 Å².